The number of hydrogen-bond acceptors (Lipinski definition) is 6. The van der Waals surface area contributed by atoms with Gasteiger partial charge in [0.2, 0.25) is 0 Å². The van der Waals surface area contributed by atoms with Crippen molar-refractivity contribution in [1.82, 2.24) is 9.80 Å². The molecule has 1 spiro atoms. The SMILES string of the molecule is CPN(CCCC(=O)OC(C)(C)C)c1cc(C(F)(F)F)ccc1CN1CCCC12CCN(C(=O)OC(C(F)(F)F)C(F)(F)F)CC2. The number of alkyl halides is 9. The van der Waals surface area contributed by atoms with Crippen LogP contribution in [0.3, 0.4) is 0 Å². The largest absolute Gasteiger partial charge is 0.460 e. The van der Waals surface area contributed by atoms with Gasteiger partial charge in [0.25, 0.3) is 6.10 Å². The summed E-state index contributed by atoms with van der Waals surface area (Å²) in [7, 11) is 0.0668. The molecule has 1 atom stereocenters. The summed E-state index contributed by atoms with van der Waals surface area (Å²) in [6.07, 6.45) is -20.0. The first-order valence-corrected chi connectivity index (χ1v) is 16.2. The molecule has 262 valence electrons. The molecule has 2 saturated heterocycles. The molecule has 1 aromatic carbocycles. The maximum Gasteiger partial charge on any atom is 0.434 e. The number of likely N-dealkylation sites (tertiary alicyclic amines) is 2. The number of halogens is 9. The van der Waals surface area contributed by atoms with Gasteiger partial charge >= 0.3 is 30.6 Å². The first-order chi connectivity index (χ1) is 21.1. The average Bonchev–Trinajstić information content (AvgIpc) is 3.28. The molecule has 1 aromatic rings. The molecule has 0 aliphatic carbocycles. The zero-order valence-corrected chi connectivity index (χ0v) is 27.0. The number of anilines is 1. The van der Waals surface area contributed by atoms with Crippen molar-refractivity contribution in [1.29, 1.82) is 0 Å². The first-order valence-electron chi connectivity index (χ1n) is 14.8. The molecule has 2 fully saturated rings. The van der Waals surface area contributed by atoms with E-state index in [4.69, 9.17) is 4.74 Å². The van der Waals surface area contributed by atoms with Crippen LogP contribution in [0.1, 0.15) is 70.4 Å². The number of benzene rings is 1. The zero-order valence-electron chi connectivity index (χ0n) is 26.0. The van der Waals surface area contributed by atoms with Crippen molar-refractivity contribution in [3.8, 4) is 0 Å². The number of amides is 1. The molecule has 0 bridgehead atoms. The van der Waals surface area contributed by atoms with E-state index in [1.54, 1.807) is 25.4 Å². The normalized spacial score (nSPS) is 18.2. The smallest absolute Gasteiger partial charge is 0.434 e. The van der Waals surface area contributed by atoms with Gasteiger partial charge in [-0.3, -0.25) is 9.69 Å². The van der Waals surface area contributed by atoms with Gasteiger partial charge in [0.05, 0.1) is 5.56 Å². The lowest BCUT2D eigenvalue weighted by atomic mass is 9.84. The molecule has 2 aliphatic rings. The van der Waals surface area contributed by atoms with Crippen LogP contribution in [0.4, 0.5) is 50.0 Å². The Hall–Kier alpha value is -2.48. The molecule has 7 nitrogen and oxygen atoms in total. The minimum atomic E-state index is -5.82. The molecule has 0 radical (unpaired) electrons. The topological polar surface area (TPSA) is 62.3 Å². The van der Waals surface area contributed by atoms with E-state index in [1.807, 2.05) is 6.66 Å². The summed E-state index contributed by atoms with van der Waals surface area (Å²) >= 11 is 0. The van der Waals surface area contributed by atoms with Crippen molar-refractivity contribution in [3.63, 3.8) is 0 Å². The number of esters is 1. The maximum atomic E-state index is 13.7. The molecule has 2 aliphatic heterocycles. The molecule has 2 heterocycles. The Balaban J connectivity index is 1.76. The molecular weight excluding hydrogens is 656 g/mol. The number of piperidine rings is 1. The average molecular weight is 696 g/mol. The zero-order chi connectivity index (χ0) is 34.7. The van der Waals surface area contributed by atoms with Gasteiger partial charge in [0.1, 0.15) is 5.60 Å². The standard InChI is InChI=1S/C29H39F9N3O4P/c1-25(2,3)45-22(42)7-5-14-41(46-4)21-17-20(27(30,31)32)9-8-19(21)18-40-13-6-10-26(40)11-15-39(16-12-26)24(43)44-23(28(33,34)35)29(36,37)38/h8-9,17,23,46H,5-7,10-16,18H2,1-4H3. The molecule has 3 rings (SSSR count). The molecule has 46 heavy (non-hydrogen) atoms. The van der Waals surface area contributed by atoms with Crippen LogP contribution < -0.4 is 4.67 Å². The summed E-state index contributed by atoms with van der Waals surface area (Å²) < 4.78 is 130. The van der Waals surface area contributed by atoms with Gasteiger partial charge in [0, 0.05) is 43.8 Å². The number of carbonyl (C=O) groups is 2. The highest BCUT2D eigenvalue weighted by Gasteiger charge is 2.60. The van der Waals surface area contributed by atoms with E-state index in [1.165, 1.54) is 6.07 Å². The fraction of sp³-hybridized carbons (Fsp3) is 0.724. The van der Waals surface area contributed by atoms with Crippen LogP contribution in [-0.2, 0) is 27.0 Å². The van der Waals surface area contributed by atoms with E-state index >= 15 is 0 Å². The summed E-state index contributed by atoms with van der Waals surface area (Å²) in [5.41, 5.74) is -1.11. The molecule has 0 aromatic heterocycles. The lowest BCUT2D eigenvalue weighted by molar-refractivity contribution is -0.308. The first kappa shape index (κ1) is 38.0. The summed E-state index contributed by atoms with van der Waals surface area (Å²) in [4.78, 5) is 27.4. The Bertz CT molecular complexity index is 1200. The van der Waals surface area contributed by atoms with Crippen molar-refractivity contribution in [2.75, 3.05) is 37.5 Å². The van der Waals surface area contributed by atoms with Gasteiger partial charge in [-0.1, -0.05) is 6.07 Å². The molecular formula is C29H39F9N3O4P. The summed E-state index contributed by atoms with van der Waals surface area (Å²) in [5, 5.41) is 0. The van der Waals surface area contributed by atoms with E-state index in [2.05, 4.69) is 9.64 Å². The highest BCUT2D eigenvalue weighted by molar-refractivity contribution is 7.39. The monoisotopic (exact) mass is 695 g/mol. The van der Waals surface area contributed by atoms with Gasteiger partial charge < -0.3 is 19.0 Å². The highest BCUT2D eigenvalue weighted by Crippen LogP contribution is 2.43. The van der Waals surface area contributed by atoms with E-state index in [9.17, 15) is 49.1 Å². The fourth-order valence-electron chi connectivity index (χ4n) is 5.86. The summed E-state index contributed by atoms with van der Waals surface area (Å²) in [5.74, 6) is -0.419. The minimum Gasteiger partial charge on any atom is -0.460 e. The number of rotatable bonds is 9. The quantitative estimate of drug-likeness (QED) is 0.149. The van der Waals surface area contributed by atoms with Crippen LogP contribution in [0.15, 0.2) is 18.2 Å². The predicted octanol–water partition coefficient (Wildman–Crippen LogP) is 7.92. The van der Waals surface area contributed by atoms with Crippen molar-refractivity contribution < 1.29 is 58.6 Å². The Labute approximate surface area is 263 Å². The van der Waals surface area contributed by atoms with Crippen LogP contribution in [0.5, 0.6) is 0 Å². The van der Waals surface area contributed by atoms with Crippen molar-refractivity contribution in [2.45, 2.75) is 102 Å². The lowest BCUT2D eigenvalue weighted by Gasteiger charge is -2.45. The molecule has 1 amide bonds. The van der Waals surface area contributed by atoms with Crippen LogP contribution in [0.25, 0.3) is 0 Å². The van der Waals surface area contributed by atoms with E-state index < -0.39 is 53.4 Å². The van der Waals surface area contributed by atoms with Crippen molar-refractivity contribution in [2.24, 2.45) is 0 Å². The third-order valence-electron chi connectivity index (χ3n) is 8.02. The molecule has 0 saturated carbocycles. The van der Waals surface area contributed by atoms with E-state index in [0.717, 1.165) is 17.0 Å². The molecule has 17 heteroatoms. The molecule has 0 N–H and O–H groups in total. The second-order valence-corrected chi connectivity index (χ2v) is 13.5. The van der Waals surface area contributed by atoms with Gasteiger partial charge in [-0.05, 0) is 92.5 Å². The predicted molar refractivity (Wildman–Crippen MR) is 154 cm³/mol. The Morgan fingerprint density at radius 1 is 0.957 bits per heavy atom. The Morgan fingerprint density at radius 2 is 1.57 bits per heavy atom. The van der Waals surface area contributed by atoms with Crippen LogP contribution >= 0.6 is 8.73 Å². The third-order valence-corrected chi connectivity index (χ3v) is 9.03. The van der Waals surface area contributed by atoms with E-state index in [-0.39, 0.29) is 47.6 Å². The Kier molecular flexibility index (Phi) is 11.8. The Morgan fingerprint density at radius 3 is 2.09 bits per heavy atom. The molecule has 1 unspecified atom stereocenters. The van der Waals surface area contributed by atoms with Gasteiger partial charge in [-0.25, -0.2) is 4.79 Å². The lowest BCUT2D eigenvalue weighted by Crippen LogP contribution is -2.54. The van der Waals surface area contributed by atoms with Crippen molar-refractivity contribution >= 4 is 26.5 Å². The second kappa shape index (κ2) is 14.3. The number of hydrogen-bond donors (Lipinski definition) is 0. The summed E-state index contributed by atoms with van der Waals surface area (Å²) in [6, 6.07) is 3.49. The maximum absolute atomic E-state index is 13.7. The van der Waals surface area contributed by atoms with Crippen LogP contribution in [-0.4, -0.2) is 84.3 Å². The van der Waals surface area contributed by atoms with Gasteiger partial charge in [-0.2, -0.15) is 39.5 Å². The third kappa shape index (κ3) is 10.0. The summed E-state index contributed by atoms with van der Waals surface area (Å²) in [6.45, 7) is 7.80. The fourth-order valence-corrected chi connectivity index (χ4v) is 6.70. The minimum absolute atomic E-state index is 0.0668. The van der Waals surface area contributed by atoms with Gasteiger partial charge in [0.15, 0.2) is 0 Å². The van der Waals surface area contributed by atoms with Crippen molar-refractivity contribution in [3.05, 3.63) is 29.3 Å². The highest BCUT2D eigenvalue weighted by atomic mass is 31.1. The number of carbonyl (C=O) groups excluding carboxylic acids is 2. The second-order valence-electron chi connectivity index (χ2n) is 12.5. The van der Waals surface area contributed by atoms with Crippen LogP contribution in [0.2, 0.25) is 0 Å². The number of ether oxygens (including phenoxy) is 2. The van der Waals surface area contributed by atoms with E-state index in [0.29, 0.717) is 43.6 Å². The number of nitrogens with zero attached hydrogens (tertiary/aromatic N) is 3. The van der Waals surface area contributed by atoms with Crippen LogP contribution in [0, 0.1) is 0 Å². The van der Waals surface area contributed by atoms with Gasteiger partial charge in [-0.15, -0.1) is 0 Å².